The number of carbonyl (C=O) groups is 1. The quantitative estimate of drug-likeness (QED) is 0.802. The van der Waals surface area contributed by atoms with Crippen molar-refractivity contribution in [3.63, 3.8) is 0 Å². The van der Waals surface area contributed by atoms with Gasteiger partial charge >= 0.3 is 0 Å². The van der Waals surface area contributed by atoms with E-state index < -0.39 is 5.91 Å². The number of hydrogen-bond donors (Lipinski definition) is 1. The van der Waals surface area contributed by atoms with Gasteiger partial charge in [-0.2, -0.15) is 0 Å². The topological polar surface area (TPSA) is 65.2 Å². The Kier molecular flexibility index (Phi) is 3.69. The maximum atomic E-state index is 11.6. The molecule has 1 aromatic heterocycles. The van der Waals surface area contributed by atoms with Crippen LogP contribution in [0.2, 0.25) is 5.02 Å². The molecule has 2 aromatic carbocycles. The molecule has 1 heterocycles. The van der Waals surface area contributed by atoms with Gasteiger partial charge in [0, 0.05) is 10.9 Å². The molecule has 0 saturated heterocycles. The number of rotatable bonds is 3. The van der Waals surface area contributed by atoms with E-state index in [2.05, 4.69) is 4.98 Å². The number of methoxy groups -OCH3 is 1. The molecule has 22 heavy (non-hydrogen) atoms. The van der Waals surface area contributed by atoms with E-state index in [0.717, 1.165) is 11.3 Å². The van der Waals surface area contributed by atoms with Crippen molar-refractivity contribution >= 4 is 28.4 Å². The molecule has 0 aliphatic heterocycles. The fourth-order valence-corrected chi connectivity index (χ4v) is 2.59. The lowest BCUT2D eigenvalue weighted by Gasteiger charge is -2.09. The highest BCUT2D eigenvalue weighted by molar-refractivity contribution is 6.36. The number of primary amides is 1. The normalized spacial score (nSPS) is 10.6. The number of para-hydroxylation sites is 1. The second kappa shape index (κ2) is 5.66. The second-order valence-electron chi connectivity index (χ2n) is 4.79. The van der Waals surface area contributed by atoms with E-state index in [1.807, 2.05) is 30.3 Å². The van der Waals surface area contributed by atoms with Gasteiger partial charge in [0.05, 0.1) is 28.9 Å². The summed E-state index contributed by atoms with van der Waals surface area (Å²) in [7, 11) is 1.60. The van der Waals surface area contributed by atoms with Crippen LogP contribution in [0, 0.1) is 0 Å². The summed E-state index contributed by atoms with van der Waals surface area (Å²) >= 11 is 6.34. The lowest BCUT2D eigenvalue weighted by molar-refractivity contribution is 0.100. The molecule has 0 aliphatic rings. The lowest BCUT2D eigenvalue weighted by atomic mass is 10.1. The van der Waals surface area contributed by atoms with Crippen molar-refractivity contribution in [3.05, 3.63) is 59.1 Å². The van der Waals surface area contributed by atoms with Crippen LogP contribution in [0.25, 0.3) is 22.2 Å². The maximum Gasteiger partial charge on any atom is 0.250 e. The minimum Gasteiger partial charge on any atom is -0.497 e. The summed E-state index contributed by atoms with van der Waals surface area (Å²) < 4.78 is 5.22. The van der Waals surface area contributed by atoms with E-state index in [1.165, 1.54) is 0 Å². The van der Waals surface area contributed by atoms with Crippen LogP contribution in [0.15, 0.2) is 48.5 Å². The molecule has 0 fully saturated rings. The van der Waals surface area contributed by atoms with Gasteiger partial charge in [0.2, 0.25) is 0 Å². The van der Waals surface area contributed by atoms with Crippen molar-refractivity contribution in [3.8, 4) is 17.0 Å². The van der Waals surface area contributed by atoms with E-state index >= 15 is 0 Å². The fraction of sp³-hybridized carbons (Fsp3) is 0.0588. The molecule has 0 spiro atoms. The third-order valence-corrected chi connectivity index (χ3v) is 3.73. The van der Waals surface area contributed by atoms with Crippen molar-refractivity contribution in [1.29, 1.82) is 0 Å². The number of hydrogen-bond acceptors (Lipinski definition) is 3. The molecule has 0 saturated carbocycles. The molecule has 4 nitrogen and oxygen atoms in total. The van der Waals surface area contributed by atoms with E-state index in [-0.39, 0.29) is 0 Å². The van der Waals surface area contributed by atoms with Gasteiger partial charge < -0.3 is 10.5 Å². The van der Waals surface area contributed by atoms with Gasteiger partial charge in [0.25, 0.3) is 5.91 Å². The first kappa shape index (κ1) is 14.4. The molecule has 0 unspecified atom stereocenters. The largest absolute Gasteiger partial charge is 0.497 e. The summed E-state index contributed by atoms with van der Waals surface area (Å²) in [4.78, 5) is 16.2. The van der Waals surface area contributed by atoms with Crippen molar-refractivity contribution in [2.45, 2.75) is 0 Å². The van der Waals surface area contributed by atoms with Crippen molar-refractivity contribution in [2.75, 3.05) is 7.11 Å². The summed E-state index contributed by atoms with van der Waals surface area (Å²) in [5.41, 5.74) is 7.78. The Hall–Kier alpha value is -2.59. The Morgan fingerprint density at radius 2 is 1.95 bits per heavy atom. The van der Waals surface area contributed by atoms with Crippen LogP contribution in [0.5, 0.6) is 5.75 Å². The Labute approximate surface area is 132 Å². The zero-order valence-corrected chi connectivity index (χ0v) is 12.6. The summed E-state index contributed by atoms with van der Waals surface area (Å²) in [5, 5.41) is 1.22. The van der Waals surface area contributed by atoms with Crippen molar-refractivity contribution in [2.24, 2.45) is 5.73 Å². The summed E-state index contributed by atoms with van der Waals surface area (Å²) in [6.45, 7) is 0. The van der Waals surface area contributed by atoms with Gasteiger partial charge in [-0.25, -0.2) is 4.98 Å². The number of pyridine rings is 1. The Morgan fingerprint density at radius 3 is 2.68 bits per heavy atom. The number of nitrogens with two attached hydrogens (primary N) is 1. The predicted octanol–water partition coefficient (Wildman–Crippen LogP) is 3.66. The number of carbonyl (C=O) groups excluding carboxylic acids is 1. The molecule has 0 radical (unpaired) electrons. The number of nitrogens with zero attached hydrogens (tertiary/aromatic N) is 1. The summed E-state index contributed by atoms with van der Waals surface area (Å²) in [6.07, 6.45) is 0. The molecule has 110 valence electrons. The molecule has 0 bridgehead atoms. The third kappa shape index (κ3) is 2.49. The molecule has 3 rings (SSSR count). The van der Waals surface area contributed by atoms with Gasteiger partial charge in [-0.3, -0.25) is 4.79 Å². The van der Waals surface area contributed by atoms with Crippen LogP contribution in [-0.4, -0.2) is 18.0 Å². The average molecular weight is 313 g/mol. The number of amides is 1. The maximum absolute atomic E-state index is 11.6. The highest BCUT2D eigenvalue weighted by Crippen LogP contribution is 2.30. The molecule has 2 N–H and O–H groups in total. The molecule has 1 amide bonds. The van der Waals surface area contributed by atoms with E-state index in [1.54, 1.807) is 25.3 Å². The Morgan fingerprint density at radius 1 is 1.18 bits per heavy atom. The molecule has 5 heteroatoms. The van der Waals surface area contributed by atoms with Crippen molar-refractivity contribution < 1.29 is 9.53 Å². The number of benzene rings is 2. The number of aromatic nitrogens is 1. The minimum absolute atomic E-state index is 0.351. The molecular formula is C17H13ClN2O2. The van der Waals surface area contributed by atoms with Gasteiger partial charge in [0.1, 0.15) is 5.75 Å². The molecule has 3 aromatic rings. The fourth-order valence-electron chi connectivity index (χ4n) is 2.34. The zero-order valence-electron chi connectivity index (χ0n) is 11.8. The highest BCUT2D eigenvalue weighted by atomic mass is 35.5. The van der Waals surface area contributed by atoms with Gasteiger partial charge in [-0.1, -0.05) is 35.9 Å². The molecule has 0 atom stereocenters. The molecule has 0 aliphatic carbocycles. The van der Waals surface area contributed by atoms with Gasteiger partial charge in [0.15, 0.2) is 0 Å². The Balaban J connectivity index is 2.27. The minimum atomic E-state index is -0.531. The standard InChI is InChI=1S/C17H13ClN2O2/c1-22-11-5-2-4-10(8-11)15-9-14(18)12-6-3-7-13(17(19)21)16(12)20-15/h2-9H,1H3,(H2,19,21). The first-order valence-electron chi connectivity index (χ1n) is 6.63. The Bertz CT molecular complexity index is 878. The number of halogens is 1. The van der Waals surface area contributed by atoms with E-state index in [9.17, 15) is 4.79 Å². The van der Waals surface area contributed by atoms with Crippen LogP contribution >= 0.6 is 11.6 Å². The van der Waals surface area contributed by atoms with Crippen LogP contribution in [0.4, 0.5) is 0 Å². The monoisotopic (exact) mass is 312 g/mol. The first-order valence-corrected chi connectivity index (χ1v) is 7.01. The number of ether oxygens (including phenoxy) is 1. The SMILES string of the molecule is COc1cccc(-c2cc(Cl)c3cccc(C(N)=O)c3n2)c1. The van der Waals surface area contributed by atoms with E-state index in [4.69, 9.17) is 22.1 Å². The average Bonchev–Trinajstić information content (AvgIpc) is 2.54. The van der Waals surface area contributed by atoms with Gasteiger partial charge in [-0.05, 0) is 24.3 Å². The lowest BCUT2D eigenvalue weighted by Crippen LogP contribution is -2.12. The highest BCUT2D eigenvalue weighted by Gasteiger charge is 2.12. The summed E-state index contributed by atoms with van der Waals surface area (Å²) in [6, 6.07) is 14.4. The van der Waals surface area contributed by atoms with Crippen LogP contribution in [0.3, 0.4) is 0 Å². The smallest absolute Gasteiger partial charge is 0.250 e. The van der Waals surface area contributed by atoms with E-state index in [0.29, 0.717) is 27.2 Å². The summed E-state index contributed by atoms with van der Waals surface area (Å²) in [5.74, 6) is 0.190. The van der Waals surface area contributed by atoms with Crippen LogP contribution < -0.4 is 10.5 Å². The first-order chi connectivity index (χ1) is 10.6. The van der Waals surface area contributed by atoms with Crippen LogP contribution in [0.1, 0.15) is 10.4 Å². The van der Waals surface area contributed by atoms with Crippen molar-refractivity contribution in [1.82, 2.24) is 4.98 Å². The van der Waals surface area contributed by atoms with Crippen LogP contribution in [-0.2, 0) is 0 Å². The third-order valence-electron chi connectivity index (χ3n) is 3.42. The number of fused-ring (bicyclic) bond motifs is 1. The molecular weight excluding hydrogens is 300 g/mol. The van der Waals surface area contributed by atoms with Gasteiger partial charge in [-0.15, -0.1) is 0 Å². The predicted molar refractivity (Wildman–Crippen MR) is 87.3 cm³/mol. The second-order valence-corrected chi connectivity index (χ2v) is 5.19. The zero-order chi connectivity index (χ0) is 15.7.